The highest BCUT2D eigenvalue weighted by Crippen LogP contribution is 2.21. The molecule has 0 aliphatic heterocycles. The Labute approximate surface area is 72.1 Å². The van der Waals surface area contributed by atoms with Crippen LogP contribution in [-0.4, -0.2) is 5.11 Å². The lowest BCUT2D eigenvalue weighted by Crippen LogP contribution is -1.90. The van der Waals surface area contributed by atoms with Crippen molar-refractivity contribution in [3.8, 4) is 11.8 Å². The molecule has 1 N–H and O–H groups in total. The normalized spacial score (nSPS) is 12.0. The van der Waals surface area contributed by atoms with E-state index in [0.29, 0.717) is 6.42 Å². The summed E-state index contributed by atoms with van der Waals surface area (Å²) in [4.78, 5) is 0. The maximum atomic E-state index is 9.15. The van der Waals surface area contributed by atoms with E-state index in [2.05, 4.69) is 6.07 Å². The Hall–Kier alpha value is -1.49. The van der Waals surface area contributed by atoms with Gasteiger partial charge in [-0.15, -0.1) is 0 Å². The van der Waals surface area contributed by atoms with E-state index in [4.69, 9.17) is 10.4 Å². The summed E-state index contributed by atoms with van der Waals surface area (Å²) in [7, 11) is 0. The molecule has 0 heterocycles. The van der Waals surface area contributed by atoms with Crippen LogP contribution in [0.5, 0.6) is 5.75 Å². The van der Waals surface area contributed by atoms with Crippen LogP contribution in [0.4, 0.5) is 0 Å². The second kappa shape index (κ2) is 3.77. The fourth-order valence-electron chi connectivity index (χ4n) is 1.09. The van der Waals surface area contributed by atoms with Gasteiger partial charge in [0.1, 0.15) is 5.75 Å². The highest BCUT2D eigenvalue weighted by Gasteiger charge is 2.04. The van der Waals surface area contributed by atoms with E-state index >= 15 is 0 Å². The van der Waals surface area contributed by atoms with E-state index in [1.807, 2.05) is 13.0 Å². The van der Waals surface area contributed by atoms with Crippen molar-refractivity contribution in [2.75, 3.05) is 0 Å². The molecule has 0 radical (unpaired) electrons. The zero-order valence-corrected chi connectivity index (χ0v) is 6.99. The number of phenolic OH excluding ortho intramolecular Hbond substituents is 1. The van der Waals surface area contributed by atoms with Gasteiger partial charge >= 0.3 is 0 Å². The molecule has 0 aromatic heterocycles. The van der Waals surface area contributed by atoms with E-state index < -0.39 is 0 Å². The third kappa shape index (κ3) is 2.00. The molecule has 0 spiro atoms. The Bertz CT molecular complexity index is 301. The third-order valence-corrected chi connectivity index (χ3v) is 1.84. The molecular weight excluding hydrogens is 150 g/mol. The molecule has 0 amide bonds. The zero-order valence-electron chi connectivity index (χ0n) is 6.99. The number of phenols is 1. The minimum Gasteiger partial charge on any atom is -0.508 e. The fourth-order valence-corrected chi connectivity index (χ4v) is 1.09. The number of benzene rings is 1. The summed E-state index contributed by atoms with van der Waals surface area (Å²) in [6.45, 7) is 1.97. The lowest BCUT2D eigenvalue weighted by Gasteiger charge is -2.06. The maximum Gasteiger partial charge on any atom is 0.115 e. The first-order valence-corrected chi connectivity index (χ1v) is 3.90. The fraction of sp³-hybridized carbons (Fsp3) is 0.300. The van der Waals surface area contributed by atoms with E-state index in [0.717, 1.165) is 5.56 Å². The quantitative estimate of drug-likeness (QED) is 0.723. The number of rotatable bonds is 2. The van der Waals surface area contributed by atoms with Crippen LogP contribution in [-0.2, 0) is 0 Å². The SMILES string of the molecule is C[C@H](CC#N)c1cccc(O)c1. The summed E-state index contributed by atoms with van der Waals surface area (Å²) >= 11 is 0. The zero-order chi connectivity index (χ0) is 8.97. The number of nitrogens with zero attached hydrogens (tertiary/aromatic N) is 1. The van der Waals surface area contributed by atoms with Gasteiger partial charge in [-0.1, -0.05) is 19.1 Å². The van der Waals surface area contributed by atoms with E-state index in [1.54, 1.807) is 18.2 Å². The molecule has 12 heavy (non-hydrogen) atoms. The van der Waals surface area contributed by atoms with Gasteiger partial charge in [0.25, 0.3) is 0 Å². The summed E-state index contributed by atoms with van der Waals surface area (Å²) in [6.07, 6.45) is 0.490. The van der Waals surface area contributed by atoms with Crippen LogP contribution >= 0.6 is 0 Å². The maximum absolute atomic E-state index is 9.15. The summed E-state index contributed by atoms with van der Waals surface area (Å²) in [6, 6.07) is 9.14. The van der Waals surface area contributed by atoms with E-state index in [1.165, 1.54) is 0 Å². The van der Waals surface area contributed by atoms with Crippen molar-refractivity contribution in [3.05, 3.63) is 29.8 Å². The molecule has 1 rings (SSSR count). The molecule has 1 aromatic carbocycles. The minimum atomic E-state index is 0.196. The first kappa shape index (κ1) is 8.61. The Kier molecular flexibility index (Phi) is 2.71. The summed E-state index contributed by atoms with van der Waals surface area (Å²) in [5.74, 6) is 0.458. The molecule has 2 heteroatoms. The average Bonchev–Trinajstić information content (AvgIpc) is 2.05. The molecule has 1 atom stereocenters. The minimum absolute atomic E-state index is 0.196. The van der Waals surface area contributed by atoms with Crippen LogP contribution in [0, 0.1) is 11.3 Å². The van der Waals surface area contributed by atoms with Crippen LogP contribution in [0.2, 0.25) is 0 Å². The molecule has 0 saturated carbocycles. The molecule has 0 bridgehead atoms. The lowest BCUT2D eigenvalue weighted by atomic mass is 9.98. The molecule has 0 saturated heterocycles. The monoisotopic (exact) mass is 161 g/mol. The summed E-state index contributed by atoms with van der Waals surface area (Å²) < 4.78 is 0. The van der Waals surface area contributed by atoms with Crippen molar-refractivity contribution in [2.45, 2.75) is 19.3 Å². The van der Waals surface area contributed by atoms with Gasteiger partial charge in [-0.2, -0.15) is 5.26 Å². The Morgan fingerprint density at radius 3 is 2.92 bits per heavy atom. The van der Waals surface area contributed by atoms with Gasteiger partial charge in [0.05, 0.1) is 6.07 Å². The highest BCUT2D eigenvalue weighted by atomic mass is 16.3. The van der Waals surface area contributed by atoms with Crippen molar-refractivity contribution >= 4 is 0 Å². The van der Waals surface area contributed by atoms with Crippen LogP contribution in [0.3, 0.4) is 0 Å². The topological polar surface area (TPSA) is 44.0 Å². The van der Waals surface area contributed by atoms with Crippen LogP contribution in [0.25, 0.3) is 0 Å². The predicted molar refractivity (Wildman–Crippen MR) is 46.8 cm³/mol. The Morgan fingerprint density at radius 1 is 1.58 bits per heavy atom. The number of nitriles is 1. The molecule has 2 nitrogen and oxygen atoms in total. The average molecular weight is 161 g/mol. The van der Waals surface area contributed by atoms with Gasteiger partial charge < -0.3 is 5.11 Å². The highest BCUT2D eigenvalue weighted by molar-refractivity contribution is 5.29. The largest absolute Gasteiger partial charge is 0.508 e. The number of hydrogen-bond acceptors (Lipinski definition) is 2. The van der Waals surface area contributed by atoms with Crippen molar-refractivity contribution in [3.63, 3.8) is 0 Å². The van der Waals surface area contributed by atoms with Gasteiger partial charge in [0, 0.05) is 6.42 Å². The summed E-state index contributed by atoms with van der Waals surface area (Å²) in [5.41, 5.74) is 1.01. The molecule has 62 valence electrons. The first-order valence-electron chi connectivity index (χ1n) is 3.90. The van der Waals surface area contributed by atoms with Gasteiger partial charge in [-0.05, 0) is 23.6 Å². The van der Waals surface area contributed by atoms with Crippen LogP contribution in [0.15, 0.2) is 24.3 Å². The van der Waals surface area contributed by atoms with Gasteiger partial charge in [-0.3, -0.25) is 0 Å². The molecule has 0 aliphatic rings. The molecule has 0 aliphatic carbocycles. The standard InChI is InChI=1S/C10H11NO/c1-8(5-6-11)9-3-2-4-10(12)7-9/h2-4,7-8,12H,5H2,1H3/t8-/m1/s1. The molecular formula is C10H11NO. The van der Waals surface area contributed by atoms with Gasteiger partial charge in [-0.25, -0.2) is 0 Å². The molecule has 0 fully saturated rings. The summed E-state index contributed by atoms with van der Waals surface area (Å²) in [5, 5.41) is 17.6. The predicted octanol–water partition coefficient (Wildman–Crippen LogP) is 2.41. The van der Waals surface area contributed by atoms with E-state index in [-0.39, 0.29) is 11.7 Å². The van der Waals surface area contributed by atoms with Crippen molar-refractivity contribution in [1.29, 1.82) is 5.26 Å². The van der Waals surface area contributed by atoms with Crippen molar-refractivity contribution < 1.29 is 5.11 Å². The smallest absolute Gasteiger partial charge is 0.115 e. The van der Waals surface area contributed by atoms with E-state index in [9.17, 15) is 0 Å². The number of hydrogen-bond donors (Lipinski definition) is 1. The van der Waals surface area contributed by atoms with Gasteiger partial charge in [0.2, 0.25) is 0 Å². The van der Waals surface area contributed by atoms with Crippen molar-refractivity contribution in [1.82, 2.24) is 0 Å². The van der Waals surface area contributed by atoms with Gasteiger partial charge in [0.15, 0.2) is 0 Å². The molecule has 0 unspecified atom stereocenters. The second-order valence-electron chi connectivity index (χ2n) is 2.86. The van der Waals surface area contributed by atoms with Crippen LogP contribution in [0.1, 0.15) is 24.8 Å². The first-order chi connectivity index (χ1) is 5.74. The van der Waals surface area contributed by atoms with Crippen LogP contribution < -0.4 is 0 Å². The van der Waals surface area contributed by atoms with Crippen molar-refractivity contribution in [2.24, 2.45) is 0 Å². The Morgan fingerprint density at radius 2 is 2.33 bits per heavy atom. The molecule has 1 aromatic rings. The third-order valence-electron chi connectivity index (χ3n) is 1.84. The lowest BCUT2D eigenvalue weighted by molar-refractivity contribution is 0.474. The second-order valence-corrected chi connectivity index (χ2v) is 2.86. The Balaban J connectivity index is 2.82. The number of aromatic hydroxyl groups is 1.